The summed E-state index contributed by atoms with van der Waals surface area (Å²) in [7, 11) is 0. The quantitative estimate of drug-likeness (QED) is 0.628. The van der Waals surface area contributed by atoms with E-state index in [9.17, 15) is 4.79 Å². The molecule has 0 saturated carbocycles. The molecule has 0 aliphatic rings. The van der Waals surface area contributed by atoms with Gasteiger partial charge in [-0.1, -0.05) is 6.92 Å². The van der Waals surface area contributed by atoms with E-state index in [-0.39, 0.29) is 0 Å². The van der Waals surface area contributed by atoms with E-state index in [1.165, 1.54) is 0 Å². The van der Waals surface area contributed by atoms with Gasteiger partial charge in [0.25, 0.3) is 0 Å². The minimum atomic E-state index is -0.754. The van der Waals surface area contributed by atoms with E-state index in [2.05, 4.69) is 5.92 Å². The Kier molecular flexibility index (Phi) is 3.67. The SMILES string of the molecule is C#CCCC(C)(CC)C(=O)O. The summed E-state index contributed by atoms with van der Waals surface area (Å²) in [6.07, 6.45) is 6.78. The van der Waals surface area contributed by atoms with Crippen LogP contribution in [0.25, 0.3) is 0 Å². The molecule has 0 aliphatic heterocycles. The molecule has 0 radical (unpaired) electrons. The highest BCUT2D eigenvalue weighted by atomic mass is 16.4. The number of rotatable bonds is 4. The van der Waals surface area contributed by atoms with Crippen LogP contribution in [-0.4, -0.2) is 11.1 Å². The summed E-state index contributed by atoms with van der Waals surface area (Å²) in [5, 5.41) is 8.79. The molecule has 0 rings (SSSR count). The number of carboxylic acids is 1. The summed E-state index contributed by atoms with van der Waals surface area (Å²) in [6.45, 7) is 3.59. The Morgan fingerprint density at radius 1 is 1.73 bits per heavy atom. The minimum absolute atomic E-state index is 0.538. The molecular formula is C9H14O2. The van der Waals surface area contributed by atoms with E-state index >= 15 is 0 Å². The Morgan fingerprint density at radius 2 is 2.27 bits per heavy atom. The molecule has 62 valence electrons. The number of hydrogen-bond donors (Lipinski definition) is 1. The highest BCUT2D eigenvalue weighted by molar-refractivity contribution is 5.73. The van der Waals surface area contributed by atoms with Gasteiger partial charge in [0.2, 0.25) is 0 Å². The summed E-state index contributed by atoms with van der Waals surface area (Å²) in [4.78, 5) is 10.7. The lowest BCUT2D eigenvalue weighted by Crippen LogP contribution is -2.26. The van der Waals surface area contributed by atoms with E-state index in [1.54, 1.807) is 6.92 Å². The van der Waals surface area contributed by atoms with Crippen molar-refractivity contribution in [2.24, 2.45) is 5.41 Å². The van der Waals surface area contributed by atoms with Crippen molar-refractivity contribution in [2.75, 3.05) is 0 Å². The van der Waals surface area contributed by atoms with E-state index in [1.807, 2.05) is 6.92 Å². The van der Waals surface area contributed by atoms with Crippen LogP contribution >= 0.6 is 0 Å². The molecule has 1 N–H and O–H groups in total. The van der Waals surface area contributed by atoms with Gasteiger partial charge in [0, 0.05) is 6.42 Å². The highest BCUT2D eigenvalue weighted by Gasteiger charge is 2.29. The lowest BCUT2D eigenvalue weighted by atomic mass is 9.83. The standard InChI is InChI=1S/C9H14O2/c1-4-6-7-9(3,5-2)8(10)11/h1H,5-7H2,2-3H3,(H,10,11). The second-order valence-corrected chi connectivity index (χ2v) is 2.92. The molecule has 1 atom stereocenters. The molecule has 0 aromatic heterocycles. The molecule has 2 heteroatoms. The van der Waals surface area contributed by atoms with Crippen molar-refractivity contribution in [1.29, 1.82) is 0 Å². The van der Waals surface area contributed by atoms with Crippen LogP contribution in [0.15, 0.2) is 0 Å². The largest absolute Gasteiger partial charge is 0.481 e. The average Bonchev–Trinajstić information content (AvgIpc) is 2.00. The maximum Gasteiger partial charge on any atom is 0.309 e. The van der Waals surface area contributed by atoms with Crippen molar-refractivity contribution >= 4 is 5.97 Å². The second-order valence-electron chi connectivity index (χ2n) is 2.92. The van der Waals surface area contributed by atoms with Gasteiger partial charge < -0.3 is 5.11 Å². The van der Waals surface area contributed by atoms with Crippen molar-refractivity contribution in [3.05, 3.63) is 0 Å². The van der Waals surface area contributed by atoms with Crippen molar-refractivity contribution in [2.45, 2.75) is 33.1 Å². The van der Waals surface area contributed by atoms with Crippen molar-refractivity contribution in [3.8, 4) is 12.3 Å². The summed E-state index contributed by atoms with van der Waals surface area (Å²) < 4.78 is 0. The van der Waals surface area contributed by atoms with Crippen LogP contribution in [0.2, 0.25) is 0 Å². The fourth-order valence-electron chi connectivity index (χ4n) is 0.783. The first-order chi connectivity index (χ1) is 5.06. The Labute approximate surface area is 67.6 Å². The van der Waals surface area contributed by atoms with Crippen molar-refractivity contribution < 1.29 is 9.90 Å². The molecule has 2 nitrogen and oxygen atoms in total. The van der Waals surface area contributed by atoms with Crippen LogP contribution in [-0.2, 0) is 4.79 Å². The van der Waals surface area contributed by atoms with Gasteiger partial charge in [0.15, 0.2) is 0 Å². The first-order valence-corrected chi connectivity index (χ1v) is 3.73. The van der Waals surface area contributed by atoms with Crippen molar-refractivity contribution in [3.63, 3.8) is 0 Å². The number of carboxylic acid groups (broad SMARTS) is 1. The fourth-order valence-corrected chi connectivity index (χ4v) is 0.783. The topological polar surface area (TPSA) is 37.3 Å². The average molecular weight is 154 g/mol. The van der Waals surface area contributed by atoms with Gasteiger partial charge in [0.05, 0.1) is 5.41 Å². The second kappa shape index (κ2) is 4.02. The first kappa shape index (κ1) is 10.0. The van der Waals surface area contributed by atoms with Gasteiger partial charge in [-0.05, 0) is 19.8 Å². The van der Waals surface area contributed by atoms with E-state index in [0.717, 1.165) is 0 Å². The van der Waals surface area contributed by atoms with Crippen LogP contribution in [0.5, 0.6) is 0 Å². The van der Waals surface area contributed by atoms with Crippen LogP contribution in [0.1, 0.15) is 33.1 Å². The summed E-state index contributed by atoms with van der Waals surface area (Å²) in [6, 6.07) is 0. The summed E-state index contributed by atoms with van der Waals surface area (Å²) >= 11 is 0. The third-order valence-corrected chi connectivity index (χ3v) is 2.12. The Morgan fingerprint density at radius 3 is 2.55 bits per heavy atom. The zero-order valence-electron chi connectivity index (χ0n) is 7.05. The van der Waals surface area contributed by atoms with E-state index in [0.29, 0.717) is 19.3 Å². The molecular weight excluding hydrogens is 140 g/mol. The molecule has 0 aromatic carbocycles. The monoisotopic (exact) mass is 154 g/mol. The van der Waals surface area contributed by atoms with Gasteiger partial charge in [-0.15, -0.1) is 12.3 Å². The highest BCUT2D eigenvalue weighted by Crippen LogP contribution is 2.26. The normalized spacial score (nSPS) is 15.0. The molecule has 0 aromatic rings. The van der Waals surface area contributed by atoms with Gasteiger partial charge >= 0.3 is 5.97 Å². The zero-order chi connectivity index (χ0) is 8.91. The fraction of sp³-hybridized carbons (Fsp3) is 0.667. The molecule has 0 bridgehead atoms. The van der Waals surface area contributed by atoms with Crippen LogP contribution in [0.3, 0.4) is 0 Å². The van der Waals surface area contributed by atoms with E-state index < -0.39 is 11.4 Å². The molecule has 0 amide bonds. The first-order valence-electron chi connectivity index (χ1n) is 3.73. The lowest BCUT2D eigenvalue weighted by Gasteiger charge is -2.21. The Bertz CT molecular complexity index is 178. The summed E-state index contributed by atoms with van der Waals surface area (Å²) in [5.74, 6) is 1.69. The molecule has 1 unspecified atom stereocenters. The molecule has 0 fully saturated rings. The predicted molar refractivity (Wildman–Crippen MR) is 44.1 cm³/mol. The minimum Gasteiger partial charge on any atom is -0.481 e. The number of terminal acetylenes is 1. The summed E-state index contributed by atoms with van der Waals surface area (Å²) in [5.41, 5.74) is -0.633. The van der Waals surface area contributed by atoms with Crippen LogP contribution < -0.4 is 0 Å². The molecule has 0 spiro atoms. The van der Waals surface area contributed by atoms with Gasteiger partial charge in [-0.2, -0.15) is 0 Å². The predicted octanol–water partition coefficient (Wildman–Crippen LogP) is 1.90. The van der Waals surface area contributed by atoms with Crippen LogP contribution in [0, 0.1) is 17.8 Å². The maximum absolute atomic E-state index is 10.7. The number of carbonyl (C=O) groups is 1. The smallest absolute Gasteiger partial charge is 0.309 e. The third-order valence-electron chi connectivity index (χ3n) is 2.12. The van der Waals surface area contributed by atoms with Crippen molar-refractivity contribution in [1.82, 2.24) is 0 Å². The Balaban J connectivity index is 4.13. The number of aliphatic carboxylic acids is 1. The lowest BCUT2D eigenvalue weighted by molar-refractivity contribution is -0.148. The molecule has 0 aliphatic carbocycles. The maximum atomic E-state index is 10.7. The molecule has 0 saturated heterocycles. The number of hydrogen-bond acceptors (Lipinski definition) is 1. The van der Waals surface area contributed by atoms with Gasteiger partial charge in [0.1, 0.15) is 0 Å². The Hall–Kier alpha value is -0.970. The molecule has 11 heavy (non-hydrogen) atoms. The van der Waals surface area contributed by atoms with Crippen LogP contribution in [0.4, 0.5) is 0 Å². The zero-order valence-corrected chi connectivity index (χ0v) is 7.05. The van der Waals surface area contributed by atoms with E-state index in [4.69, 9.17) is 11.5 Å². The third kappa shape index (κ3) is 2.63. The van der Waals surface area contributed by atoms with Gasteiger partial charge in [-0.25, -0.2) is 0 Å². The van der Waals surface area contributed by atoms with Gasteiger partial charge in [-0.3, -0.25) is 4.79 Å². The molecule has 0 heterocycles.